The van der Waals surface area contributed by atoms with Crippen molar-refractivity contribution in [2.45, 2.75) is 25.2 Å². The Morgan fingerprint density at radius 1 is 1.29 bits per heavy atom. The lowest BCUT2D eigenvalue weighted by molar-refractivity contribution is 0.0572. The summed E-state index contributed by atoms with van der Waals surface area (Å²) in [7, 11) is 0. The van der Waals surface area contributed by atoms with Crippen LogP contribution in [0.1, 0.15) is 18.6 Å². The molecule has 2 unspecified atom stereocenters. The van der Waals surface area contributed by atoms with Crippen LogP contribution in [0.25, 0.3) is 0 Å². The van der Waals surface area contributed by atoms with Crippen LogP contribution in [0.15, 0.2) is 18.2 Å². The van der Waals surface area contributed by atoms with Gasteiger partial charge in [-0.25, -0.2) is 4.39 Å². The highest BCUT2D eigenvalue weighted by atomic mass is 19.1. The summed E-state index contributed by atoms with van der Waals surface area (Å²) in [5.41, 5.74) is 1.11. The number of aliphatic hydroxyl groups excluding tert-OH is 3. The standard InChI is InChI=1S/C12H16FNO3/c1-7(15)9-4-8(13)2-3-10(9)14-5-11(16)12(17)6-14/h2-4,7,11-12,15-17H,5-6H2,1H3/t7-,11?,12?/m1/s1. The predicted molar refractivity (Wildman–Crippen MR) is 61.3 cm³/mol. The Labute approximate surface area is 98.9 Å². The van der Waals surface area contributed by atoms with Gasteiger partial charge in [-0.05, 0) is 25.1 Å². The minimum absolute atomic E-state index is 0.284. The van der Waals surface area contributed by atoms with Crippen molar-refractivity contribution < 1.29 is 19.7 Å². The van der Waals surface area contributed by atoms with E-state index < -0.39 is 24.1 Å². The molecule has 0 amide bonds. The summed E-state index contributed by atoms with van der Waals surface area (Å²) in [5.74, 6) is -0.412. The highest BCUT2D eigenvalue weighted by molar-refractivity contribution is 5.56. The van der Waals surface area contributed by atoms with E-state index in [9.17, 15) is 19.7 Å². The second-order valence-electron chi connectivity index (χ2n) is 4.42. The molecule has 1 aromatic rings. The Morgan fingerprint density at radius 3 is 2.41 bits per heavy atom. The minimum Gasteiger partial charge on any atom is -0.389 e. The van der Waals surface area contributed by atoms with E-state index >= 15 is 0 Å². The molecule has 1 aliphatic rings. The molecule has 0 aliphatic carbocycles. The minimum atomic E-state index is -0.804. The first kappa shape index (κ1) is 12.3. The normalized spacial score (nSPS) is 26.3. The average Bonchev–Trinajstić information content (AvgIpc) is 2.59. The fourth-order valence-electron chi connectivity index (χ4n) is 2.11. The number of hydrogen-bond donors (Lipinski definition) is 3. The topological polar surface area (TPSA) is 63.9 Å². The van der Waals surface area contributed by atoms with Gasteiger partial charge in [-0.15, -0.1) is 0 Å². The fraction of sp³-hybridized carbons (Fsp3) is 0.500. The first-order valence-corrected chi connectivity index (χ1v) is 5.57. The van der Waals surface area contributed by atoms with Crippen LogP contribution in [0, 0.1) is 5.82 Å². The van der Waals surface area contributed by atoms with E-state index in [-0.39, 0.29) is 13.1 Å². The SMILES string of the molecule is C[C@@H](O)c1cc(F)ccc1N1CC(O)C(O)C1. The van der Waals surface area contributed by atoms with Crippen molar-refractivity contribution in [3.63, 3.8) is 0 Å². The number of halogens is 1. The molecule has 1 heterocycles. The summed E-state index contributed by atoms with van der Waals surface area (Å²) in [6.45, 7) is 2.13. The summed E-state index contributed by atoms with van der Waals surface area (Å²) >= 11 is 0. The number of nitrogens with zero attached hydrogens (tertiary/aromatic N) is 1. The average molecular weight is 241 g/mol. The van der Waals surface area contributed by atoms with Crippen LogP contribution in [0.5, 0.6) is 0 Å². The van der Waals surface area contributed by atoms with Gasteiger partial charge in [-0.2, -0.15) is 0 Å². The van der Waals surface area contributed by atoms with Crippen LogP contribution in [-0.4, -0.2) is 40.6 Å². The van der Waals surface area contributed by atoms with E-state index in [0.717, 1.165) is 0 Å². The molecule has 17 heavy (non-hydrogen) atoms. The first-order valence-electron chi connectivity index (χ1n) is 5.57. The van der Waals surface area contributed by atoms with Crippen molar-refractivity contribution >= 4 is 5.69 Å². The maximum absolute atomic E-state index is 13.1. The number of aliphatic hydroxyl groups is 3. The molecule has 0 radical (unpaired) electrons. The lowest BCUT2D eigenvalue weighted by Crippen LogP contribution is -2.23. The summed E-state index contributed by atoms with van der Waals surface area (Å²) < 4.78 is 13.1. The third-order valence-electron chi connectivity index (χ3n) is 3.04. The molecular formula is C12H16FNO3. The van der Waals surface area contributed by atoms with Crippen LogP contribution in [0.2, 0.25) is 0 Å². The molecule has 1 fully saturated rings. The molecule has 94 valence electrons. The number of hydrogen-bond acceptors (Lipinski definition) is 4. The first-order chi connectivity index (χ1) is 7.99. The molecule has 3 N–H and O–H groups in total. The lowest BCUT2D eigenvalue weighted by Gasteiger charge is -2.22. The van der Waals surface area contributed by atoms with Crippen molar-refractivity contribution in [3.8, 4) is 0 Å². The van der Waals surface area contributed by atoms with Crippen molar-refractivity contribution in [1.82, 2.24) is 0 Å². The maximum Gasteiger partial charge on any atom is 0.123 e. The van der Waals surface area contributed by atoms with E-state index in [1.54, 1.807) is 17.9 Å². The Kier molecular flexibility index (Phi) is 3.33. The Morgan fingerprint density at radius 2 is 1.88 bits per heavy atom. The molecule has 1 aromatic carbocycles. The molecule has 1 aliphatic heterocycles. The molecule has 4 nitrogen and oxygen atoms in total. The molecule has 0 aromatic heterocycles. The zero-order valence-electron chi connectivity index (χ0n) is 9.55. The zero-order valence-corrected chi connectivity index (χ0v) is 9.55. The van der Waals surface area contributed by atoms with Crippen LogP contribution in [-0.2, 0) is 0 Å². The van der Waals surface area contributed by atoms with Crippen LogP contribution in [0.3, 0.4) is 0 Å². The van der Waals surface area contributed by atoms with E-state index in [4.69, 9.17) is 0 Å². The summed E-state index contributed by atoms with van der Waals surface area (Å²) in [5, 5.41) is 28.6. The van der Waals surface area contributed by atoms with Gasteiger partial charge in [-0.3, -0.25) is 0 Å². The van der Waals surface area contributed by atoms with Gasteiger partial charge >= 0.3 is 0 Å². The van der Waals surface area contributed by atoms with E-state index in [0.29, 0.717) is 11.3 Å². The van der Waals surface area contributed by atoms with Gasteiger partial charge in [-0.1, -0.05) is 0 Å². The van der Waals surface area contributed by atoms with Gasteiger partial charge in [0.15, 0.2) is 0 Å². The van der Waals surface area contributed by atoms with E-state index in [1.165, 1.54) is 12.1 Å². The molecule has 2 rings (SSSR count). The van der Waals surface area contributed by atoms with Gasteiger partial charge in [0, 0.05) is 24.3 Å². The van der Waals surface area contributed by atoms with Crippen molar-refractivity contribution in [2.75, 3.05) is 18.0 Å². The number of β-amino-alcohol motifs (C(OH)–C–C–N with tert-alkyl or cyclic N) is 2. The number of rotatable bonds is 2. The van der Waals surface area contributed by atoms with Gasteiger partial charge in [0.2, 0.25) is 0 Å². The van der Waals surface area contributed by atoms with Crippen molar-refractivity contribution in [1.29, 1.82) is 0 Å². The number of benzene rings is 1. The monoisotopic (exact) mass is 241 g/mol. The summed E-state index contributed by atoms with van der Waals surface area (Å²) in [6.07, 6.45) is -2.40. The molecule has 5 heteroatoms. The second-order valence-corrected chi connectivity index (χ2v) is 4.42. The van der Waals surface area contributed by atoms with E-state index in [1.807, 2.05) is 0 Å². The van der Waals surface area contributed by atoms with Gasteiger partial charge < -0.3 is 20.2 Å². The van der Waals surface area contributed by atoms with Crippen molar-refractivity contribution in [3.05, 3.63) is 29.6 Å². The highest BCUT2D eigenvalue weighted by Crippen LogP contribution is 2.29. The van der Waals surface area contributed by atoms with Gasteiger partial charge in [0.05, 0.1) is 18.3 Å². The van der Waals surface area contributed by atoms with Crippen LogP contribution >= 0.6 is 0 Å². The van der Waals surface area contributed by atoms with E-state index in [2.05, 4.69) is 0 Å². The van der Waals surface area contributed by atoms with Crippen molar-refractivity contribution in [2.24, 2.45) is 0 Å². The predicted octanol–water partition coefficient (Wildman–Crippen LogP) is 0.421. The molecule has 0 spiro atoms. The second kappa shape index (κ2) is 4.60. The van der Waals surface area contributed by atoms with Crippen LogP contribution < -0.4 is 4.90 Å². The smallest absolute Gasteiger partial charge is 0.123 e. The summed E-state index contributed by atoms with van der Waals surface area (Å²) in [4.78, 5) is 1.75. The lowest BCUT2D eigenvalue weighted by atomic mass is 10.1. The quantitative estimate of drug-likeness (QED) is 0.702. The third kappa shape index (κ3) is 2.41. The fourth-order valence-corrected chi connectivity index (χ4v) is 2.11. The van der Waals surface area contributed by atoms with Gasteiger partial charge in [0.1, 0.15) is 5.82 Å². The molecule has 0 bridgehead atoms. The Hall–Kier alpha value is -1.17. The van der Waals surface area contributed by atoms with Crippen LogP contribution in [0.4, 0.5) is 10.1 Å². The summed E-state index contributed by atoms with van der Waals surface area (Å²) in [6, 6.07) is 4.14. The third-order valence-corrected chi connectivity index (χ3v) is 3.04. The molecule has 1 saturated heterocycles. The molecule has 3 atom stereocenters. The molecule has 0 saturated carbocycles. The Balaban J connectivity index is 2.32. The Bertz CT molecular complexity index is 401. The highest BCUT2D eigenvalue weighted by Gasteiger charge is 2.31. The number of anilines is 1. The van der Waals surface area contributed by atoms with Gasteiger partial charge in [0.25, 0.3) is 0 Å². The molecular weight excluding hydrogens is 225 g/mol. The zero-order chi connectivity index (χ0) is 12.6. The largest absolute Gasteiger partial charge is 0.389 e. The maximum atomic E-state index is 13.1.